The van der Waals surface area contributed by atoms with Crippen LogP contribution in [-0.4, -0.2) is 5.78 Å². The summed E-state index contributed by atoms with van der Waals surface area (Å²) in [6.45, 7) is 3.93. The molecule has 0 bridgehead atoms. The molecule has 0 spiro atoms. The Morgan fingerprint density at radius 3 is 2.20 bits per heavy atom. The number of hydrogen-bond donors (Lipinski definition) is 0. The van der Waals surface area contributed by atoms with Crippen LogP contribution in [0.25, 0.3) is 0 Å². The highest BCUT2D eigenvalue weighted by Crippen LogP contribution is 2.14. The summed E-state index contributed by atoms with van der Waals surface area (Å²) in [5, 5.41) is 0. The van der Waals surface area contributed by atoms with Crippen molar-refractivity contribution in [3.8, 4) is 0 Å². The maximum absolute atomic E-state index is 13.4. The van der Waals surface area contributed by atoms with Crippen LogP contribution in [0.1, 0.15) is 80.6 Å². The van der Waals surface area contributed by atoms with Gasteiger partial charge in [0.25, 0.3) is 0 Å². The Balaban J connectivity index is 2.15. The number of ketones is 1. The van der Waals surface area contributed by atoms with Crippen LogP contribution in [0.2, 0.25) is 0 Å². The van der Waals surface area contributed by atoms with Gasteiger partial charge in [0.15, 0.2) is 5.78 Å². The second kappa shape index (κ2) is 9.68. The van der Waals surface area contributed by atoms with Crippen molar-refractivity contribution in [3.63, 3.8) is 0 Å². The molecule has 0 aliphatic carbocycles. The summed E-state index contributed by atoms with van der Waals surface area (Å²) >= 11 is 0. The van der Waals surface area contributed by atoms with E-state index in [4.69, 9.17) is 0 Å². The molecule has 0 atom stereocenters. The molecule has 0 radical (unpaired) electrons. The maximum atomic E-state index is 13.4. The largest absolute Gasteiger partial charge is 0.294 e. The Kier molecular flexibility index (Phi) is 8.17. The zero-order valence-corrected chi connectivity index (χ0v) is 12.9. The molecule has 0 amide bonds. The standard InChI is InChI=1S/C18H27FO/c1-3-4-5-6-7-8-9-10-11-18(20)16-13-12-15(2)17(19)14-16/h12-14H,3-11H2,1-2H3. The van der Waals surface area contributed by atoms with Crippen molar-refractivity contribution in [3.05, 3.63) is 35.1 Å². The number of benzene rings is 1. The Morgan fingerprint density at radius 1 is 1.00 bits per heavy atom. The van der Waals surface area contributed by atoms with Crippen molar-refractivity contribution in [2.24, 2.45) is 0 Å². The third-order valence-corrected chi connectivity index (χ3v) is 3.75. The van der Waals surface area contributed by atoms with Crippen molar-refractivity contribution in [2.75, 3.05) is 0 Å². The van der Waals surface area contributed by atoms with E-state index >= 15 is 0 Å². The molecule has 1 aromatic carbocycles. The van der Waals surface area contributed by atoms with Crippen molar-refractivity contribution >= 4 is 5.78 Å². The summed E-state index contributed by atoms with van der Waals surface area (Å²) in [6, 6.07) is 4.77. The molecule has 0 aliphatic heterocycles. The molecule has 1 rings (SSSR count). The first-order chi connectivity index (χ1) is 9.65. The van der Waals surface area contributed by atoms with E-state index in [2.05, 4.69) is 6.92 Å². The fraction of sp³-hybridized carbons (Fsp3) is 0.611. The van der Waals surface area contributed by atoms with Gasteiger partial charge in [-0.2, -0.15) is 0 Å². The van der Waals surface area contributed by atoms with Gasteiger partial charge < -0.3 is 0 Å². The lowest BCUT2D eigenvalue weighted by molar-refractivity contribution is 0.0978. The molecule has 0 heterocycles. The van der Waals surface area contributed by atoms with Crippen molar-refractivity contribution < 1.29 is 9.18 Å². The van der Waals surface area contributed by atoms with Crippen molar-refractivity contribution in [2.45, 2.75) is 71.6 Å². The van der Waals surface area contributed by atoms with Crippen LogP contribution < -0.4 is 0 Å². The number of aryl methyl sites for hydroxylation is 1. The van der Waals surface area contributed by atoms with Gasteiger partial charge in [0.2, 0.25) is 0 Å². The zero-order chi connectivity index (χ0) is 14.8. The molecule has 0 unspecified atom stereocenters. The highest BCUT2D eigenvalue weighted by atomic mass is 19.1. The first-order valence-corrected chi connectivity index (χ1v) is 7.94. The lowest BCUT2D eigenvalue weighted by atomic mass is 10.0. The minimum atomic E-state index is -0.285. The van der Waals surface area contributed by atoms with Crippen LogP contribution in [-0.2, 0) is 0 Å². The SMILES string of the molecule is CCCCCCCCCCC(=O)c1ccc(C)c(F)c1. The second-order valence-electron chi connectivity index (χ2n) is 5.61. The van der Waals surface area contributed by atoms with E-state index in [0.717, 1.165) is 12.8 Å². The van der Waals surface area contributed by atoms with Crippen LogP contribution in [0.4, 0.5) is 4.39 Å². The first-order valence-electron chi connectivity index (χ1n) is 7.94. The summed E-state index contributed by atoms with van der Waals surface area (Å²) in [4.78, 5) is 11.9. The predicted molar refractivity (Wildman–Crippen MR) is 82.7 cm³/mol. The zero-order valence-electron chi connectivity index (χ0n) is 12.9. The molecule has 0 saturated heterocycles. The van der Waals surface area contributed by atoms with Crippen molar-refractivity contribution in [1.29, 1.82) is 0 Å². The van der Waals surface area contributed by atoms with Gasteiger partial charge >= 0.3 is 0 Å². The molecule has 2 heteroatoms. The molecule has 1 nitrogen and oxygen atoms in total. The minimum Gasteiger partial charge on any atom is -0.294 e. The highest BCUT2D eigenvalue weighted by molar-refractivity contribution is 5.96. The van der Waals surface area contributed by atoms with E-state index in [0.29, 0.717) is 17.5 Å². The summed E-state index contributed by atoms with van der Waals surface area (Å²) in [7, 11) is 0. The number of unbranched alkanes of at least 4 members (excludes halogenated alkanes) is 7. The normalized spacial score (nSPS) is 10.8. The van der Waals surface area contributed by atoms with Crippen LogP contribution in [0.3, 0.4) is 0 Å². The van der Waals surface area contributed by atoms with E-state index < -0.39 is 0 Å². The minimum absolute atomic E-state index is 0.0647. The van der Waals surface area contributed by atoms with Gasteiger partial charge in [-0.1, -0.05) is 64.0 Å². The first kappa shape index (κ1) is 16.9. The van der Waals surface area contributed by atoms with Crippen LogP contribution in [0.5, 0.6) is 0 Å². The second-order valence-corrected chi connectivity index (χ2v) is 5.61. The number of carbonyl (C=O) groups excluding carboxylic acids is 1. The topological polar surface area (TPSA) is 17.1 Å². The van der Waals surface area contributed by atoms with Crippen LogP contribution >= 0.6 is 0 Å². The molecule has 0 N–H and O–H groups in total. The fourth-order valence-corrected chi connectivity index (χ4v) is 2.33. The van der Waals surface area contributed by atoms with Gasteiger partial charge in [-0.05, 0) is 25.0 Å². The number of hydrogen-bond acceptors (Lipinski definition) is 1. The Hall–Kier alpha value is -1.18. The fourth-order valence-electron chi connectivity index (χ4n) is 2.33. The van der Waals surface area contributed by atoms with Gasteiger partial charge in [0.1, 0.15) is 5.82 Å². The number of rotatable bonds is 10. The molecular formula is C18H27FO. The molecule has 1 aromatic rings. The average molecular weight is 278 g/mol. The molecule has 0 fully saturated rings. The average Bonchev–Trinajstić information content (AvgIpc) is 2.44. The Morgan fingerprint density at radius 2 is 1.60 bits per heavy atom. The molecular weight excluding hydrogens is 251 g/mol. The summed E-state index contributed by atoms with van der Waals surface area (Å²) in [5.41, 5.74) is 1.10. The quantitative estimate of drug-likeness (QED) is 0.387. The van der Waals surface area contributed by atoms with Gasteiger partial charge in [0, 0.05) is 12.0 Å². The summed E-state index contributed by atoms with van der Waals surface area (Å²) < 4.78 is 13.4. The molecule has 0 aromatic heterocycles. The molecule has 20 heavy (non-hydrogen) atoms. The van der Waals surface area contributed by atoms with E-state index in [-0.39, 0.29) is 11.6 Å². The van der Waals surface area contributed by atoms with Crippen molar-refractivity contribution in [1.82, 2.24) is 0 Å². The predicted octanol–water partition coefficient (Wildman–Crippen LogP) is 5.85. The lowest BCUT2D eigenvalue weighted by Crippen LogP contribution is -2.00. The Bertz CT molecular complexity index is 412. The van der Waals surface area contributed by atoms with Crippen LogP contribution in [0.15, 0.2) is 18.2 Å². The number of carbonyl (C=O) groups is 1. The van der Waals surface area contributed by atoms with E-state index in [1.54, 1.807) is 19.1 Å². The molecule has 0 aliphatic rings. The summed E-state index contributed by atoms with van der Waals surface area (Å²) in [6.07, 6.45) is 10.3. The highest BCUT2D eigenvalue weighted by Gasteiger charge is 2.07. The molecule has 112 valence electrons. The third kappa shape index (κ3) is 6.31. The molecule has 0 saturated carbocycles. The smallest absolute Gasteiger partial charge is 0.162 e. The van der Waals surface area contributed by atoms with Gasteiger partial charge in [-0.15, -0.1) is 0 Å². The van der Waals surface area contributed by atoms with E-state index in [1.807, 2.05) is 0 Å². The Labute approximate surface area is 122 Å². The third-order valence-electron chi connectivity index (χ3n) is 3.75. The van der Waals surface area contributed by atoms with Gasteiger partial charge in [-0.3, -0.25) is 4.79 Å². The number of halogens is 1. The van der Waals surface area contributed by atoms with E-state index in [9.17, 15) is 9.18 Å². The lowest BCUT2D eigenvalue weighted by Gasteiger charge is -2.03. The van der Waals surface area contributed by atoms with Gasteiger partial charge in [0.05, 0.1) is 0 Å². The monoisotopic (exact) mass is 278 g/mol. The van der Waals surface area contributed by atoms with Crippen LogP contribution in [0, 0.1) is 12.7 Å². The van der Waals surface area contributed by atoms with Gasteiger partial charge in [-0.25, -0.2) is 4.39 Å². The number of Topliss-reactive ketones (excluding diaryl/α,β-unsaturated/α-hetero) is 1. The maximum Gasteiger partial charge on any atom is 0.162 e. The summed E-state index contributed by atoms with van der Waals surface area (Å²) in [5.74, 6) is -0.221. The van der Waals surface area contributed by atoms with E-state index in [1.165, 1.54) is 44.6 Å².